The SMILES string of the molecule is COc1cccc(CCCCc2c(OCCCN)ccc(C)c2C)c1. The van der Waals surface area contributed by atoms with Gasteiger partial charge in [-0.1, -0.05) is 18.2 Å². The van der Waals surface area contributed by atoms with Crippen LogP contribution in [0.1, 0.15) is 41.5 Å². The lowest BCUT2D eigenvalue weighted by Gasteiger charge is -2.16. The average Bonchev–Trinajstić information content (AvgIpc) is 2.63. The molecule has 2 N–H and O–H groups in total. The van der Waals surface area contributed by atoms with Crippen LogP contribution in [0, 0.1) is 13.8 Å². The Bertz CT molecular complexity index is 667. The predicted octanol–water partition coefficient (Wildman–Crippen LogP) is 4.61. The summed E-state index contributed by atoms with van der Waals surface area (Å²) in [6, 6.07) is 12.6. The molecule has 0 aromatic heterocycles. The van der Waals surface area contributed by atoms with Crippen LogP contribution in [0.2, 0.25) is 0 Å². The van der Waals surface area contributed by atoms with Crippen LogP contribution < -0.4 is 15.2 Å². The summed E-state index contributed by atoms with van der Waals surface area (Å²) in [4.78, 5) is 0. The summed E-state index contributed by atoms with van der Waals surface area (Å²) in [7, 11) is 1.71. The molecule has 0 atom stereocenters. The minimum absolute atomic E-state index is 0.667. The monoisotopic (exact) mass is 341 g/mol. The number of hydrogen-bond acceptors (Lipinski definition) is 3. The number of benzene rings is 2. The van der Waals surface area contributed by atoms with E-state index in [-0.39, 0.29) is 0 Å². The fourth-order valence-corrected chi connectivity index (χ4v) is 3.02. The maximum Gasteiger partial charge on any atom is 0.122 e. The summed E-state index contributed by atoms with van der Waals surface area (Å²) in [5, 5.41) is 0. The first-order chi connectivity index (χ1) is 12.2. The molecule has 0 fully saturated rings. The first kappa shape index (κ1) is 19.3. The van der Waals surface area contributed by atoms with Gasteiger partial charge in [0.1, 0.15) is 11.5 Å². The van der Waals surface area contributed by atoms with Crippen molar-refractivity contribution in [2.45, 2.75) is 46.0 Å². The Kier molecular flexibility index (Phi) is 7.80. The molecule has 2 rings (SSSR count). The molecule has 0 heterocycles. The first-order valence-corrected chi connectivity index (χ1v) is 9.20. The summed E-state index contributed by atoms with van der Waals surface area (Å²) < 4.78 is 11.3. The zero-order valence-electron chi connectivity index (χ0n) is 15.8. The number of ether oxygens (including phenoxy) is 2. The fourth-order valence-electron chi connectivity index (χ4n) is 3.02. The van der Waals surface area contributed by atoms with Crippen LogP contribution in [0.5, 0.6) is 11.5 Å². The van der Waals surface area contributed by atoms with Crippen LogP contribution in [0.15, 0.2) is 36.4 Å². The summed E-state index contributed by atoms with van der Waals surface area (Å²) >= 11 is 0. The van der Waals surface area contributed by atoms with E-state index < -0.39 is 0 Å². The molecule has 3 nitrogen and oxygen atoms in total. The van der Waals surface area contributed by atoms with E-state index in [4.69, 9.17) is 15.2 Å². The molecular weight excluding hydrogens is 310 g/mol. The molecule has 0 saturated heterocycles. The number of nitrogens with two attached hydrogens (primary N) is 1. The van der Waals surface area contributed by atoms with Crippen molar-refractivity contribution < 1.29 is 9.47 Å². The van der Waals surface area contributed by atoms with Crippen molar-refractivity contribution in [1.29, 1.82) is 0 Å². The van der Waals surface area contributed by atoms with Gasteiger partial charge < -0.3 is 15.2 Å². The summed E-state index contributed by atoms with van der Waals surface area (Å²) in [6.45, 7) is 5.72. The highest BCUT2D eigenvalue weighted by Gasteiger charge is 2.09. The zero-order valence-corrected chi connectivity index (χ0v) is 15.8. The quantitative estimate of drug-likeness (QED) is 0.642. The van der Waals surface area contributed by atoms with Gasteiger partial charge in [0.2, 0.25) is 0 Å². The summed E-state index contributed by atoms with van der Waals surface area (Å²) in [5.41, 5.74) is 10.9. The third-order valence-corrected chi connectivity index (χ3v) is 4.71. The number of methoxy groups -OCH3 is 1. The Morgan fingerprint density at radius 3 is 2.52 bits per heavy atom. The molecule has 0 bridgehead atoms. The third-order valence-electron chi connectivity index (χ3n) is 4.71. The van der Waals surface area contributed by atoms with Crippen molar-refractivity contribution >= 4 is 0 Å². The Morgan fingerprint density at radius 2 is 1.76 bits per heavy atom. The molecule has 0 spiro atoms. The lowest BCUT2D eigenvalue weighted by Crippen LogP contribution is -2.08. The van der Waals surface area contributed by atoms with Gasteiger partial charge in [0.25, 0.3) is 0 Å². The highest BCUT2D eigenvalue weighted by molar-refractivity contribution is 5.44. The minimum Gasteiger partial charge on any atom is -0.497 e. The molecule has 0 aliphatic heterocycles. The number of unbranched alkanes of at least 4 members (excludes halogenated alkanes) is 1. The van der Waals surface area contributed by atoms with E-state index in [1.807, 2.05) is 6.07 Å². The average molecular weight is 341 g/mol. The molecule has 0 saturated carbocycles. The highest BCUT2D eigenvalue weighted by atomic mass is 16.5. The molecule has 0 aliphatic carbocycles. The smallest absolute Gasteiger partial charge is 0.122 e. The first-order valence-electron chi connectivity index (χ1n) is 9.20. The highest BCUT2D eigenvalue weighted by Crippen LogP contribution is 2.27. The van der Waals surface area contributed by atoms with Crippen molar-refractivity contribution in [3.05, 3.63) is 58.7 Å². The lowest BCUT2D eigenvalue weighted by atomic mass is 9.96. The predicted molar refractivity (Wildman–Crippen MR) is 105 cm³/mol. The van der Waals surface area contributed by atoms with Gasteiger partial charge in [0, 0.05) is 0 Å². The van der Waals surface area contributed by atoms with Gasteiger partial charge in [-0.15, -0.1) is 0 Å². The minimum atomic E-state index is 0.667. The van der Waals surface area contributed by atoms with Crippen molar-refractivity contribution in [1.82, 2.24) is 0 Å². The van der Waals surface area contributed by atoms with Crippen molar-refractivity contribution in [3.63, 3.8) is 0 Å². The van der Waals surface area contributed by atoms with Crippen LogP contribution in [0.3, 0.4) is 0 Å². The Hall–Kier alpha value is -2.00. The van der Waals surface area contributed by atoms with Gasteiger partial charge in [0.05, 0.1) is 13.7 Å². The fraction of sp³-hybridized carbons (Fsp3) is 0.455. The molecule has 2 aromatic rings. The second-order valence-corrected chi connectivity index (χ2v) is 6.53. The van der Waals surface area contributed by atoms with E-state index in [9.17, 15) is 0 Å². The molecule has 0 radical (unpaired) electrons. The van der Waals surface area contributed by atoms with Gasteiger partial charge in [-0.25, -0.2) is 0 Å². The van der Waals surface area contributed by atoms with Crippen LogP contribution in [0.25, 0.3) is 0 Å². The molecule has 0 aliphatic rings. The standard InChI is InChI=1S/C22H31NO2/c1-17-12-13-22(25-15-7-14-23)21(18(17)2)11-5-4-8-19-9-6-10-20(16-19)24-3/h6,9-10,12-13,16H,4-5,7-8,11,14-15,23H2,1-3H3. The van der Waals surface area contributed by atoms with Crippen molar-refractivity contribution in [2.24, 2.45) is 5.73 Å². The Balaban J connectivity index is 1.93. The maximum absolute atomic E-state index is 5.96. The maximum atomic E-state index is 5.96. The summed E-state index contributed by atoms with van der Waals surface area (Å²) in [5.74, 6) is 1.96. The van der Waals surface area contributed by atoms with Gasteiger partial charge in [-0.05, 0) is 92.9 Å². The van der Waals surface area contributed by atoms with E-state index in [1.54, 1.807) is 7.11 Å². The van der Waals surface area contributed by atoms with Crippen LogP contribution in [0.4, 0.5) is 0 Å². The molecule has 25 heavy (non-hydrogen) atoms. The molecule has 0 unspecified atom stereocenters. The molecular formula is C22H31NO2. The number of hydrogen-bond donors (Lipinski definition) is 1. The topological polar surface area (TPSA) is 44.5 Å². The summed E-state index contributed by atoms with van der Waals surface area (Å²) in [6.07, 6.45) is 5.32. The second kappa shape index (κ2) is 10.1. The van der Waals surface area contributed by atoms with Crippen LogP contribution in [-0.4, -0.2) is 20.3 Å². The van der Waals surface area contributed by atoms with Gasteiger partial charge in [-0.3, -0.25) is 0 Å². The van der Waals surface area contributed by atoms with Gasteiger partial charge in [0.15, 0.2) is 0 Å². The van der Waals surface area contributed by atoms with E-state index in [0.717, 1.165) is 43.6 Å². The van der Waals surface area contributed by atoms with E-state index in [1.165, 1.54) is 22.3 Å². The van der Waals surface area contributed by atoms with Crippen molar-refractivity contribution in [3.8, 4) is 11.5 Å². The number of aryl methyl sites for hydroxylation is 2. The number of rotatable bonds is 10. The third kappa shape index (κ3) is 5.79. The Morgan fingerprint density at radius 1 is 0.960 bits per heavy atom. The van der Waals surface area contributed by atoms with E-state index in [2.05, 4.69) is 44.2 Å². The molecule has 0 amide bonds. The van der Waals surface area contributed by atoms with Crippen LogP contribution >= 0.6 is 0 Å². The molecule has 3 heteroatoms. The van der Waals surface area contributed by atoms with E-state index in [0.29, 0.717) is 13.2 Å². The van der Waals surface area contributed by atoms with Crippen molar-refractivity contribution in [2.75, 3.05) is 20.3 Å². The molecule has 136 valence electrons. The zero-order chi connectivity index (χ0) is 18.1. The largest absolute Gasteiger partial charge is 0.497 e. The molecule has 2 aromatic carbocycles. The van der Waals surface area contributed by atoms with Gasteiger partial charge in [-0.2, -0.15) is 0 Å². The Labute approximate surface area is 152 Å². The van der Waals surface area contributed by atoms with Crippen LogP contribution in [-0.2, 0) is 12.8 Å². The van der Waals surface area contributed by atoms with E-state index >= 15 is 0 Å². The normalized spacial score (nSPS) is 10.7. The second-order valence-electron chi connectivity index (χ2n) is 6.53. The lowest BCUT2D eigenvalue weighted by molar-refractivity contribution is 0.309. The van der Waals surface area contributed by atoms with Gasteiger partial charge >= 0.3 is 0 Å².